The zero-order chi connectivity index (χ0) is 20.5. The fourth-order valence-electron chi connectivity index (χ4n) is 3.71. The summed E-state index contributed by atoms with van der Waals surface area (Å²) in [6, 6.07) is 0.913. The number of hydrogen-bond donors (Lipinski definition) is 2. The number of hydrogen-bond acceptors (Lipinski definition) is 7. The standard InChI is InChI=1S/C18H24N4O6/c1-10-6-4-5-7-18(10)16(25)22(17(26)20-18)9-14(23)27-12(3)15(24)19-13-8-11(2)28-21-13/h8,10,12H,4-7,9H2,1-3H3,(H,20,26)(H,19,21,24)/t10-,12-,18-/m0/s1. The lowest BCUT2D eigenvalue weighted by Crippen LogP contribution is -2.54. The quantitative estimate of drug-likeness (QED) is 0.571. The van der Waals surface area contributed by atoms with Crippen LogP contribution in [0.3, 0.4) is 0 Å². The molecule has 0 unspecified atom stereocenters. The number of nitrogens with one attached hydrogen (secondary N) is 2. The number of imide groups is 1. The Balaban J connectivity index is 1.57. The third kappa shape index (κ3) is 3.71. The molecule has 0 aromatic carbocycles. The van der Waals surface area contributed by atoms with E-state index in [-0.39, 0.29) is 11.7 Å². The Labute approximate surface area is 161 Å². The number of urea groups is 1. The van der Waals surface area contributed by atoms with Gasteiger partial charge in [-0.15, -0.1) is 0 Å². The molecule has 1 aliphatic heterocycles. The van der Waals surface area contributed by atoms with Gasteiger partial charge in [0.25, 0.3) is 11.8 Å². The Kier molecular flexibility index (Phi) is 5.39. The molecule has 3 rings (SSSR count). The Morgan fingerprint density at radius 3 is 2.86 bits per heavy atom. The molecular weight excluding hydrogens is 368 g/mol. The van der Waals surface area contributed by atoms with Gasteiger partial charge in [0, 0.05) is 6.07 Å². The van der Waals surface area contributed by atoms with Crippen LogP contribution in [0.4, 0.5) is 10.6 Å². The van der Waals surface area contributed by atoms with E-state index in [9.17, 15) is 19.2 Å². The number of esters is 1. The number of aryl methyl sites for hydroxylation is 1. The first-order chi connectivity index (χ1) is 13.2. The molecule has 2 fully saturated rings. The van der Waals surface area contributed by atoms with E-state index in [0.29, 0.717) is 12.2 Å². The van der Waals surface area contributed by atoms with Gasteiger partial charge in [0.15, 0.2) is 11.9 Å². The minimum atomic E-state index is -1.13. The summed E-state index contributed by atoms with van der Waals surface area (Å²) >= 11 is 0. The highest BCUT2D eigenvalue weighted by atomic mass is 16.5. The van der Waals surface area contributed by atoms with E-state index in [1.54, 1.807) is 6.92 Å². The summed E-state index contributed by atoms with van der Waals surface area (Å²) in [6.07, 6.45) is 2.11. The molecule has 152 valence electrons. The van der Waals surface area contributed by atoms with Crippen LogP contribution in [0, 0.1) is 12.8 Å². The van der Waals surface area contributed by atoms with Crippen LogP contribution in [0.25, 0.3) is 0 Å². The number of amides is 4. The van der Waals surface area contributed by atoms with Gasteiger partial charge in [0.2, 0.25) is 0 Å². The minimum Gasteiger partial charge on any atom is -0.451 e. The van der Waals surface area contributed by atoms with E-state index in [1.807, 2.05) is 6.92 Å². The molecule has 1 aromatic rings. The van der Waals surface area contributed by atoms with Crippen molar-refractivity contribution in [3.63, 3.8) is 0 Å². The normalized spacial score (nSPS) is 25.5. The third-order valence-corrected chi connectivity index (χ3v) is 5.35. The predicted octanol–water partition coefficient (Wildman–Crippen LogP) is 1.35. The first kappa shape index (κ1) is 19.8. The summed E-state index contributed by atoms with van der Waals surface area (Å²) in [5.41, 5.74) is -0.941. The molecule has 10 heteroatoms. The second-order valence-corrected chi connectivity index (χ2v) is 7.38. The minimum absolute atomic E-state index is 0.00524. The number of carbonyl (C=O) groups is 4. The highest BCUT2D eigenvalue weighted by molar-refractivity contribution is 6.09. The topological polar surface area (TPSA) is 131 Å². The molecule has 0 radical (unpaired) electrons. The van der Waals surface area contributed by atoms with Gasteiger partial charge in [0.1, 0.15) is 17.8 Å². The summed E-state index contributed by atoms with van der Waals surface area (Å²) in [5.74, 6) is -1.14. The Morgan fingerprint density at radius 1 is 1.46 bits per heavy atom. The molecule has 1 aliphatic carbocycles. The van der Waals surface area contributed by atoms with Gasteiger partial charge in [-0.2, -0.15) is 0 Å². The van der Waals surface area contributed by atoms with Crippen molar-refractivity contribution < 1.29 is 28.4 Å². The second-order valence-electron chi connectivity index (χ2n) is 7.38. The maximum atomic E-state index is 12.8. The number of anilines is 1. The van der Waals surface area contributed by atoms with Crippen LogP contribution in [0.5, 0.6) is 0 Å². The van der Waals surface area contributed by atoms with Crippen molar-refractivity contribution in [2.45, 2.75) is 58.1 Å². The maximum absolute atomic E-state index is 12.8. The smallest absolute Gasteiger partial charge is 0.327 e. The molecule has 2 heterocycles. The molecule has 3 atom stereocenters. The van der Waals surface area contributed by atoms with Crippen LogP contribution in [-0.4, -0.2) is 52.1 Å². The van der Waals surface area contributed by atoms with Gasteiger partial charge < -0.3 is 19.9 Å². The summed E-state index contributed by atoms with van der Waals surface area (Å²) in [7, 11) is 0. The molecule has 2 aliphatic rings. The zero-order valence-electron chi connectivity index (χ0n) is 16.1. The van der Waals surface area contributed by atoms with E-state index < -0.39 is 42.0 Å². The van der Waals surface area contributed by atoms with Crippen LogP contribution in [0.1, 0.15) is 45.3 Å². The van der Waals surface area contributed by atoms with Gasteiger partial charge in [0.05, 0.1) is 0 Å². The third-order valence-electron chi connectivity index (χ3n) is 5.35. The molecule has 1 saturated heterocycles. The molecule has 0 bridgehead atoms. The van der Waals surface area contributed by atoms with Gasteiger partial charge in [-0.05, 0) is 32.6 Å². The molecule has 1 spiro atoms. The molecule has 28 heavy (non-hydrogen) atoms. The van der Waals surface area contributed by atoms with E-state index in [1.165, 1.54) is 13.0 Å². The molecule has 2 N–H and O–H groups in total. The van der Waals surface area contributed by atoms with Crippen LogP contribution in [-0.2, 0) is 19.1 Å². The van der Waals surface area contributed by atoms with E-state index in [4.69, 9.17) is 9.26 Å². The van der Waals surface area contributed by atoms with Crippen molar-refractivity contribution in [3.8, 4) is 0 Å². The number of carbonyl (C=O) groups excluding carboxylic acids is 4. The van der Waals surface area contributed by atoms with Crippen LogP contribution >= 0.6 is 0 Å². The molecular formula is C18H24N4O6. The molecule has 1 saturated carbocycles. The van der Waals surface area contributed by atoms with Gasteiger partial charge in [-0.25, -0.2) is 4.79 Å². The Bertz CT molecular complexity index is 806. The van der Waals surface area contributed by atoms with E-state index in [2.05, 4.69) is 15.8 Å². The molecule has 4 amide bonds. The number of rotatable bonds is 5. The van der Waals surface area contributed by atoms with Crippen molar-refractivity contribution in [2.75, 3.05) is 11.9 Å². The second kappa shape index (κ2) is 7.61. The van der Waals surface area contributed by atoms with Crippen molar-refractivity contribution in [2.24, 2.45) is 5.92 Å². The maximum Gasteiger partial charge on any atom is 0.327 e. The van der Waals surface area contributed by atoms with Crippen molar-refractivity contribution >= 4 is 29.6 Å². The van der Waals surface area contributed by atoms with Gasteiger partial charge in [-0.1, -0.05) is 24.9 Å². The largest absolute Gasteiger partial charge is 0.451 e. The average Bonchev–Trinajstić information content (AvgIpc) is 3.14. The van der Waals surface area contributed by atoms with E-state index >= 15 is 0 Å². The van der Waals surface area contributed by atoms with Gasteiger partial charge in [-0.3, -0.25) is 19.3 Å². The summed E-state index contributed by atoms with van der Waals surface area (Å²) < 4.78 is 9.91. The number of nitrogens with zero attached hydrogens (tertiary/aromatic N) is 2. The van der Waals surface area contributed by atoms with Crippen molar-refractivity contribution in [3.05, 3.63) is 11.8 Å². The Hall–Kier alpha value is -2.91. The van der Waals surface area contributed by atoms with Crippen molar-refractivity contribution in [1.29, 1.82) is 0 Å². The highest BCUT2D eigenvalue weighted by Gasteiger charge is 2.55. The Morgan fingerprint density at radius 2 is 2.21 bits per heavy atom. The monoisotopic (exact) mass is 392 g/mol. The molecule has 1 aromatic heterocycles. The van der Waals surface area contributed by atoms with E-state index in [0.717, 1.165) is 24.2 Å². The van der Waals surface area contributed by atoms with Gasteiger partial charge >= 0.3 is 12.0 Å². The highest BCUT2D eigenvalue weighted by Crippen LogP contribution is 2.38. The fraction of sp³-hybridized carbons (Fsp3) is 0.611. The first-order valence-electron chi connectivity index (χ1n) is 9.30. The molecule has 10 nitrogen and oxygen atoms in total. The summed E-state index contributed by atoms with van der Waals surface area (Å²) in [4.78, 5) is 50.3. The average molecular weight is 392 g/mol. The lowest BCUT2D eigenvalue weighted by molar-refractivity contribution is -0.155. The first-order valence-corrected chi connectivity index (χ1v) is 9.30. The van der Waals surface area contributed by atoms with Crippen LogP contribution < -0.4 is 10.6 Å². The number of ether oxygens (including phenoxy) is 1. The lowest BCUT2D eigenvalue weighted by Gasteiger charge is -2.36. The fourth-order valence-corrected chi connectivity index (χ4v) is 3.71. The summed E-state index contributed by atoms with van der Waals surface area (Å²) in [6.45, 7) is 4.44. The van der Waals surface area contributed by atoms with Crippen LogP contribution in [0.2, 0.25) is 0 Å². The summed E-state index contributed by atoms with van der Waals surface area (Å²) in [5, 5.41) is 8.84. The lowest BCUT2D eigenvalue weighted by atomic mass is 9.73. The number of aromatic nitrogens is 1. The van der Waals surface area contributed by atoms with Crippen molar-refractivity contribution in [1.82, 2.24) is 15.4 Å². The SMILES string of the molecule is Cc1cc(NC(=O)[C@H](C)OC(=O)CN2C(=O)N[C@]3(CCCC[C@@H]3C)C2=O)no1. The predicted molar refractivity (Wildman–Crippen MR) is 96.0 cm³/mol. The van der Waals surface area contributed by atoms with Crippen LogP contribution in [0.15, 0.2) is 10.6 Å². The zero-order valence-corrected chi connectivity index (χ0v) is 16.1.